The smallest absolute Gasteiger partial charge is 0.180 e. The first kappa shape index (κ1) is 16.4. The lowest BCUT2D eigenvalue weighted by Gasteiger charge is -2.21. The lowest BCUT2D eigenvalue weighted by molar-refractivity contribution is 0.460. The molecule has 6 heteroatoms. The molecule has 0 radical (unpaired) electrons. The van der Waals surface area contributed by atoms with Crippen molar-refractivity contribution in [2.24, 2.45) is 0 Å². The average molecular weight is 373 g/mol. The Hall–Kier alpha value is 0.350. The van der Waals surface area contributed by atoms with Crippen LogP contribution in [-0.2, 0) is 12.8 Å². The normalized spacial score (nSPS) is 18.2. The fraction of sp³-hybridized carbons (Fsp3) is 0.700. The third kappa shape index (κ3) is 3.98. The van der Waals surface area contributed by atoms with Gasteiger partial charge in [-0.2, -0.15) is 0 Å². The largest absolute Gasteiger partial charge is 0.375 e. The number of hydrogen-bond acceptors (Lipinski definition) is 4. The number of nitrogen functional groups attached to an aromatic ring is 1. The van der Waals surface area contributed by atoms with Gasteiger partial charge in [0.05, 0.1) is 5.69 Å². The van der Waals surface area contributed by atoms with Crippen molar-refractivity contribution in [1.82, 2.24) is 10.3 Å². The maximum atomic E-state index is 5.69. The second-order valence-electron chi connectivity index (χ2n) is 3.82. The molecule has 1 unspecified atom stereocenters. The van der Waals surface area contributed by atoms with Crippen LogP contribution in [0.1, 0.15) is 30.3 Å². The Balaban J connectivity index is 0.00000112. The Morgan fingerprint density at radius 3 is 2.94 bits per heavy atom. The zero-order valence-electron chi connectivity index (χ0n) is 9.36. The molecule has 0 saturated carbocycles. The molecule has 94 valence electrons. The molecule has 2 rings (SSSR count). The number of fused-ring (bicyclic) bond motifs is 1. The number of hydrogen-bond donors (Lipinski definition) is 2. The molecule has 0 saturated heterocycles. The summed E-state index contributed by atoms with van der Waals surface area (Å²) >= 11 is 1.65. The molecule has 0 bridgehead atoms. The highest BCUT2D eigenvalue weighted by atomic mass is 79.9. The summed E-state index contributed by atoms with van der Waals surface area (Å²) in [4.78, 5) is 5.73. The zero-order chi connectivity index (χ0) is 9.97. The molecular formula is C10H19Br2N3S. The van der Waals surface area contributed by atoms with Crippen molar-refractivity contribution in [2.45, 2.75) is 38.6 Å². The van der Waals surface area contributed by atoms with Gasteiger partial charge in [0.1, 0.15) is 0 Å². The van der Waals surface area contributed by atoms with Gasteiger partial charge < -0.3 is 11.1 Å². The second-order valence-corrected chi connectivity index (χ2v) is 4.93. The number of aromatic nitrogens is 1. The van der Waals surface area contributed by atoms with Crippen LogP contribution in [0.5, 0.6) is 0 Å². The average Bonchev–Trinajstić information content (AvgIpc) is 2.54. The van der Waals surface area contributed by atoms with Crippen LogP contribution in [-0.4, -0.2) is 17.6 Å². The topological polar surface area (TPSA) is 50.9 Å². The molecule has 0 spiro atoms. The van der Waals surface area contributed by atoms with Crippen LogP contribution in [0.3, 0.4) is 0 Å². The molecule has 16 heavy (non-hydrogen) atoms. The molecule has 1 aromatic rings. The molecule has 3 nitrogen and oxygen atoms in total. The summed E-state index contributed by atoms with van der Waals surface area (Å²) in [5.74, 6) is 0. The lowest BCUT2D eigenvalue weighted by Crippen LogP contribution is -2.34. The number of thiazole rings is 1. The molecule has 1 aliphatic carbocycles. The van der Waals surface area contributed by atoms with Crippen LogP contribution in [0.4, 0.5) is 5.13 Å². The van der Waals surface area contributed by atoms with Gasteiger partial charge in [0.15, 0.2) is 5.13 Å². The molecule has 1 heterocycles. The summed E-state index contributed by atoms with van der Waals surface area (Å²) in [5, 5.41) is 4.29. The van der Waals surface area contributed by atoms with Gasteiger partial charge in [0.2, 0.25) is 0 Å². The number of nitrogens with two attached hydrogens (primary N) is 1. The third-order valence-corrected chi connectivity index (χ3v) is 3.59. The first-order valence-electron chi connectivity index (χ1n) is 5.27. The number of halogens is 2. The molecule has 1 aliphatic rings. The zero-order valence-corrected chi connectivity index (χ0v) is 13.6. The Morgan fingerprint density at radius 1 is 1.50 bits per heavy atom. The highest BCUT2D eigenvalue weighted by Gasteiger charge is 2.21. The van der Waals surface area contributed by atoms with E-state index in [-0.39, 0.29) is 34.0 Å². The predicted molar refractivity (Wildman–Crippen MR) is 81.3 cm³/mol. The van der Waals surface area contributed by atoms with Crippen LogP contribution in [0, 0.1) is 0 Å². The number of rotatable bonds is 3. The lowest BCUT2D eigenvalue weighted by atomic mass is 9.98. The van der Waals surface area contributed by atoms with Gasteiger partial charge >= 0.3 is 0 Å². The fourth-order valence-electron chi connectivity index (χ4n) is 1.92. The van der Waals surface area contributed by atoms with Crippen molar-refractivity contribution in [1.29, 1.82) is 0 Å². The molecule has 0 aromatic carbocycles. The van der Waals surface area contributed by atoms with Gasteiger partial charge in [-0.3, -0.25) is 0 Å². The summed E-state index contributed by atoms with van der Waals surface area (Å²) in [6.45, 7) is 3.32. The Bertz CT molecular complexity index is 317. The molecule has 1 atom stereocenters. The first-order valence-corrected chi connectivity index (χ1v) is 6.08. The van der Waals surface area contributed by atoms with Gasteiger partial charge in [-0.25, -0.2) is 4.98 Å². The minimum atomic E-state index is 0. The van der Waals surface area contributed by atoms with Crippen LogP contribution in [0.2, 0.25) is 0 Å². The Kier molecular flexibility index (Phi) is 7.80. The molecule has 0 aliphatic heterocycles. The fourth-order valence-corrected chi connectivity index (χ4v) is 2.88. The number of anilines is 1. The summed E-state index contributed by atoms with van der Waals surface area (Å²) in [7, 11) is 0. The minimum Gasteiger partial charge on any atom is -0.375 e. The van der Waals surface area contributed by atoms with Crippen LogP contribution >= 0.6 is 45.3 Å². The van der Waals surface area contributed by atoms with E-state index < -0.39 is 0 Å². The van der Waals surface area contributed by atoms with Crippen molar-refractivity contribution in [2.75, 3.05) is 12.3 Å². The van der Waals surface area contributed by atoms with E-state index in [1.54, 1.807) is 11.3 Å². The standard InChI is InChI=1S/C10H17N3S.2BrH/c1-2-5-12-7-3-4-8-9(6-7)14-10(11)13-8;;/h7,12H,2-6H2,1H3,(H2,11,13);2*1H. The van der Waals surface area contributed by atoms with Gasteiger partial charge in [0.25, 0.3) is 0 Å². The van der Waals surface area contributed by atoms with Crippen molar-refractivity contribution >= 4 is 50.4 Å². The third-order valence-electron chi connectivity index (χ3n) is 2.64. The maximum Gasteiger partial charge on any atom is 0.180 e. The van der Waals surface area contributed by atoms with E-state index in [9.17, 15) is 0 Å². The summed E-state index contributed by atoms with van der Waals surface area (Å²) in [5.41, 5.74) is 6.93. The molecule has 0 amide bonds. The number of nitrogens with zero attached hydrogens (tertiary/aromatic N) is 1. The summed E-state index contributed by atoms with van der Waals surface area (Å²) in [6.07, 6.45) is 4.61. The van der Waals surface area contributed by atoms with Gasteiger partial charge in [-0.15, -0.1) is 45.3 Å². The molecule has 0 fully saturated rings. The number of nitrogens with one attached hydrogen (secondary N) is 1. The van der Waals surface area contributed by atoms with Crippen molar-refractivity contribution in [3.63, 3.8) is 0 Å². The Morgan fingerprint density at radius 2 is 2.25 bits per heavy atom. The van der Waals surface area contributed by atoms with E-state index in [0.29, 0.717) is 6.04 Å². The first-order chi connectivity index (χ1) is 6.79. The van der Waals surface area contributed by atoms with Crippen molar-refractivity contribution in [3.05, 3.63) is 10.6 Å². The Labute approximate surface area is 122 Å². The van der Waals surface area contributed by atoms with E-state index in [2.05, 4.69) is 17.2 Å². The second kappa shape index (κ2) is 7.63. The van der Waals surface area contributed by atoms with E-state index >= 15 is 0 Å². The van der Waals surface area contributed by atoms with Crippen molar-refractivity contribution < 1.29 is 0 Å². The summed E-state index contributed by atoms with van der Waals surface area (Å²) in [6, 6.07) is 0.641. The van der Waals surface area contributed by atoms with Gasteiger partial charge in [-0.05, 0) is 32.2 Å². The van der Waals surface area contributed by atoms with E-state index in [0.717, 1.165) is 24.5 Å². The van der Waals surface area contributed by atoms with Gasteiger partial charge in [0, 0.05) is 10.9 Å². The molecular weight excluding hydrogens is 354 g/mol. The number of aryl methyl sites for hydroxylation is 1. The minimum absolute atomic E-state index is 0. The SMILES string of the molecule is Br.Br.CCCNC1CCc2nc(N)sc2C1. The van der Waals surface area contributed by atoms with E-state index in [1.165, 1.54) is 23.4 Å². The van der Waals surface area contributed by atoms with E-state index in [1.807, 2.05) is 0 Å². The molecule has 3 N–H and O–H groups in total. The predicted octanol–water partition coefficient (Wildman–Crippen LogP) is 2.74. The highest BCUT2D eigenvalue weighted by molar-refractivity contribution is 8.93. The monoisotopic (exact) mass is 371 g/mol. The van der Waals surface area contributed by atoms with Crippen LogP contribution in [0.25, 0.3) is 0 Å². The molecule has 1 aromatic heterocycles. The highest BCUT2D eigenvalue weighted by Crippen LogP contribution is 2.27. The van der Waals surface area contributed by atoms with Crippen LogP contribution in [0.15, 0.2) is 0 Å². The quantitative estimate of drug-likeness (QED) is 0.857. The maximum absolute atomic E-state index is 5.69. The van der Waals surface area contributed by atoms with Crippen molar-refractivity contribution in [3.8, 4) is 0 Å². The van der Waals surface area contributed by atoms with Gasteiger partial charge in [-0.1, -0.05) is 6.92 Å². The van der Waals surface area contributed by atoms with Crippen LogP contribution < -0.4 is 11.1 Å². The van der Waals surface area contributed by atoms with E-state index in [4.69, 9.17) is 5.73 Å². The summed E-state index contributed by atoms with van der Waals surface area (Å²) < 4.78 is 0.